The van der Waals surface area contributed by atoms with Crippen molar-refractivity contribution in [3.63, 3.8) is 0 Å². The highest BCUT2D eigenvalue weighted by Gasteiger charge is 2.44. The van der Waals surface area contributed by atoms with E-state index in [2.05, 4.69) is 0 Å². The van der Waals surface area contributed by atoms with Crippen LogP contribution in [-0.2, 0) is 0 Å². The van der Waals surface area contributed by atoms with E-state index in [0.29, 0.717) is 0 Å². The van der Waals surface area contributed by atoms with Crippen LogP contribution in [0.25, 0.3) is 0 Å². The van der Waals surface area contributed by atoms with Gasteiger partial charge in [-0.05, 0) is 5.98 Å². The highest BCUT2D eigenvalue weighted by molar-refractivity contribution is 6.51. The van der Waals surface area contributed by atoms with Crippen LogP contribution in [0.4, 0.5) is 0 Å². The Balaban J connectivity index is 3.24. The van der Waals surface area contributed by atoms with Crippen LogP contribution in [0, 0.1) is 30.3 Å². The van der Waals surface area contributed by atoms with Crippen molar-refractivity contribution >= 4 is 7.28 Å². The first kappa shape index (κ1) is 9.83. The van der Waals surface area contributed by atoms with Gasteiger partial charge in [-0.25, -0.2) is 0 Å². The highest BCUT2D eigenvalue weighted by Crippen LogP contribution is 2.22. The summed E-state index contributed by atoms with van der Waals surface area (Å²) in [6.45, 7) is 0. The molecule has 0 saturated carbocycles. The number of rotatable bonds is 3. The summed E-state index contributed by atoms with van der Waals surface area (Å²) in [6.07, 6.45) is 0. The van der Waals surface area contributed by atoms with E-state index in [0.717, 1.165) is 5.98 Å². The fraction of sp³-hybridized carbons (Fsp3) is 0. The molecule has 0 aromatic rings. The lowest BCUT2D eigenvalue weighted by molar-refractivity contribution is -0.495. The van der Waals surface area contributed by atoms with E-state index in [-0.39, 0.29) is 7.28 Å². The van der Waals surface area contributed by atoms with Crippen LogP contribution in [0.3, 0.4) is 0 Å². The molecule has 0 unspecified atom stereocenters. The predicted molar refractivity (Wildman–Crippen MR) is 43.2 cm³/mol. The molecule has 10 heteroatoms. The maximum atomic E-state index is 10.3. The van der Waals surface area contributed by atoms with Crippen LogP contribution >= 0.6 is 0 Å². The smallest absolute Gasteiger partial charge is 0.259 e. The van der Waals surface area contributed by atoms with Crippen LogP contribution in [-0.4, -0.2) is 22.0 Å². The van der Waals surface area contributed by atoms with E-state index < -0.39 is 31.8 Å². The van der Waals surface area contributed by atoms with Crippen LogP contribution in [0.5, 0.6) is 0 Å². The van der Waals surface area contributed by atoms with Crippen molar-refractivity contribution in [2.24, 2.45) is 0 Å². The molecule has 1 heterocycles. The minimum atomic E-state index is -1.11. The summed E-state index contributed by atoms with van der Waals surface area (Å²) in [5.41, 5.74) is -2.59. The van der Waals surface area contributed by atoms with E-state index in [4.69, 9.17) is 0 Å². The summed E-state index contributed by atoms with van der Waals surface area (Å²) in [5.74, 6) is 0.857. The van der Waals surface area contributed by atoms with Crippen LogP contribution in [0.1, 0.15) is 0 Å². The molecule has 0 atom stereocenters. The Morgan fingerprint density at radius 1 is 1.00 bits per heavy atom. The van der Waals surface area contributed by atoms with Gasteiger partial charge in [0.25, 0.3) is 12.9 Å². The Morgan fingerprint density at radius 3 is 1.93 bits per heavy atom. The molecule has 0 fully saturated rings. The molecule has 0 aromatic carbocycles. The second-order valence-corrected chi connectivity index (χ2v) is 2.36. The van der Waals surface area contributed by atoms with Crippen molar-refractivity contribution < 1.29 is 14.8 Å². The van der Waals surface area contributed by atoms with Gasteiger partial charge in [0.05, 0.1) is 14.8 Å². The summed E-state index contributed by atoms with van der Waals surface area (Å²) in [5, 5.41) is 30.9. The number of nitrogens with zero attached hydrogens (tertiary/aromatic N) is 3. The summed E-state index contributed by atoms with van der Waals surface area (Å²) < 4.78 is 0. The van der Waals surface area contributed by atoms with Gasteiger partial charge in [-0.3, -0.25) is 30.3 Å². The lowest BCUT2D eigenvalue weighted by atomic mass is 9.78. The van der Waals surface area contributed by atoms with E-state index >= 15 is 0 Å². The molecular formula is C4H2BN3O6. The van der Waals surface area contributed by atoms with Crippen molar-refractivity contribution in [2.75, 3.05) is 0 Å². The van der Waals surface area contributed by atoms with Crippen LogP contribution in [0.2, 0.25) is 0 Å². The van der Waals surface area contributed by atoms with Gasteiger partial charge in [-0.2, -0.15) is 0 Å². The Kier molecular flexibility index (Phi) is 2.28. The van der Waals surface area contributed by atoms with Gasteiger partial charge in [-0.1, -0.05) is 0 Å². The quantitative estimate of drug-likeness (QED) is 0.334. The highest BCUT2D eigenvalue weighted by atomic mass is 16.6. The van der Waals surface area contributed by atoms with Crippen molar-refractivity contribution in [2.45, 2.75) is 0 Å². The van der Waals surface area contributed by atoms with E-state index in [9.17, 15) is 30.3 Å². The standard InChI is InChI=1S/C4H2BN3O6/c9-6(10)2-1-5-4(8(13)14)3(2)7(11)12/h1,5H. The Morgan fingerprint density at radius 2 is 1.57 bits per heavy atom. The summed E-state index contributed by atoms with van der Waals surface area (Å²) in [7, 11) is -0.389. The predicted octanol–water partition coefficient (Wildman–Crippen LogP) is -0.723. The van der Waals surface area contributed by atoms with Crippen molar-refractivity contribution in [3.05, 3.63) is 53.3 Å². The van der Waals surface area contributed by atoms with Crippen molar-refractivity contribution in [1.82, 2.24) is 0 Å². The summed E-state index contributed by atoms with van der Waals surface area (Å²) >= 11 is 0. The first-order valence-electron chi connectivity index (χ1n) is 3.32. The topological polar surface area (TPSA) is 129 Å². The molecule has 1 rings (SSSR count). The first-order valence-corrected chi connectivity index (χ1v) is 3.32. The van der Waals surface area contributed by atoms with E-state index in [1.165, 1.54) is 0 Å². The minimum Gasteiger partial charge on any atom is -0.259 e. The molecule has 0 spiro atoms. The number of hydrogen-bond acceptors (Lipinski definition) is 6. The third-order valence-corrected chi connectivity index (χ3v) is 1.60. The Bertz CT molecular complexity index is 398. The SMILES string of the molecule is O=[N+]([O-])C1=CBC([N+](=O)[O-])=C1[N+](=O)[O-]. The molecule has 0 aromatic heterocycles. The summed E-state index contributed by atoms with van der Waals surface area (Å²) in [6, 6.07) is 0. The van der Waals surface area contributed by atoms with Crippen molar-refractivity contribution in [1.29, 1.82) is 0 Å². The average Bonchev–Trinajstić information content (AvgIpc) is 2.46. The van der Waals surface area contributed by atoms with Gasteiger partial charge < -0.3 is 0 Å². The third kappa shape index (κ3) is 1.44. The van der Waals surface area contributed by atoms with Crippen LogP contribution in [0.15, 0.2) is 23.0 Å². The molecule has 0 radical (unpaired) electrons. The number of nitro groups is 3. The molecule has 0 N–H and O–H groups in total. The molecule has 1 aliphatic rings. The second-order valence-electron chi connectivity index (χ2n) is 2.36. The molecule has 72 valence electrons. The monoisotopic (exact) mass is 199 g/mol. The Labute approximate surface area is 76.4 Å². The van der Waals surface area contributed by atoms with E-state index in [1.54, 1.807) is 0 Å². The van der Waals surface area contributed by atoms with Gasteiger partial charge in [0.1, 0.15) is 0 Å². The van der Waals surface area contributed by atoms with Gasteiger partial charge in [0, 0.05) is 0 Å². The maximum absolute atomic E-state index is 10.3. The molecule has 0 amide bonds. The molecule has 0 aliphatic carbocycles. The molecule has 1 aliphatic heterocycles. The van der Waals surface area contributed by atoms with Gasteiger partial charge in [0.15, 0.2) is 0 Å². The van der Waals surface area contributed by atoms with Gasteiger partial charge in [-0.15, -0.1) is 0 Å². The van der Waals surface area contributed by atoms with Gasteiger partial charge >= 0.3 is 11.4 Å². The summed E-state index contributed by atoms with van der Waals surface area (Å²) in [4.78, 5) is 27.8. The zero-order valence-corrected chi connectivity index (χ0v) is 6.58. The van der Waals surface area contributed by atoms with E-state index in [1.807, 2.05) is 0 Å². The fourth-order valence-corrected chi connectivity index (χ4v) is 1.06. The zero-order valence-electron chi connectivity index (χ0n) is 6.58. The minimum absolute atomic E-state index is 0.389. The molecule has 0 bridgehead atoms. The zero-order chi connectivity index (χ0) is 10.9. The Hall–Kier alpha value is -2.26. The lowest BCUT2D eigenvalue weighted by Gasteiger charge is -1.91. The maximum Gasteiger partial charge on any atom is 0.405 e. The fourth-order valence-electron chi connectivity index (χ4n) is 1.06. The lowest BCUT2D eigenvalue weighted by Crippen LogP contribution is -2.12. The van der Waals surface area contributed by atoms with Gasteiger partial charge in [0.2, 0.25) is 0 Å². The third-order valence-electron chi connectivity index (χ3n) is 1.60. The molecular weight excluding hydrogens is 197 g/mol. The number of hydrogen-bond donors (Lipinski definition) is 0. The molecule has 14 heavy (non-hydrogen) atoms. The largest absolute Gasteiger partial charge is 0.405 e. The molecule has 0 saturated heterocycles. The average molecular weight is 199 g/mol. The second kappa shape index (κ2) is 3.24. The van der Waals surface area contributed by atoms with Crippen LogP contribution < -0.4 is 0 Å². The first-order chi connectivity index (χ1) is 6.45. The van der Waals surface area contributed by atoms with Crippen molar-refractivity contribution in [3.8, 4) is 0 Å². The molecule has 9 nitrogen and oxygen atoms in total. The normalized spacial score (nSPS) is 14.7.